The molecule has 2 aromatic rings. The normalized spacial score (nSPS) is 12.2. The molecule has 0 radical (unpaired) electrons. The predicted octanol–water partition coefficient (Wildman–Crippen LogP) is 3.19. The molecule has 2 rings (SSSR count). The van der Waals surface area contributed by atoms with Gasteiger partial charge in [0.05, 0.1) is 13.2 Å². The van der Waals surface area contributed by atoms with Crippen LogP contribution >= 0.6 is 11.3 Å². The summed E-state index contributed by atoms with van der Waals surface area (Å²) in [5, 5.41) is 6.58. The van der Waals surface area contributed by atoms with Gasteiger partial charge < -0.3 is 14.8 Å². The highest BCUT2D eigenvalue weighted by Crippen LogP contribution is 2.25. The lowest BCUT2D eigenvalue weighted by molar-refractivity contribution is 0.287. The second-order valence-electron chi connectivity index (χ2n) is 4.50. The van der Waals surface area contributed by atoms with Gasteiger partial charge in [-0.25, -0.2) is 4.98 Å². The van der Waals surface area contributed by atoms with Gasteiger partial charge in [-0.2, -0.15) is 0 Å². The molecule has 0 bridgehead atoms. The first-order valence-electron chi connectivity index (χ1n) is 6.62. The Morgan fingerprint density at radius 1 is 1.30 bits per heavy atom. The zero-order valence-corrected chi connectivity index (χ0v) is 12.9. The molecule has 1 aromatic heterocycles. The summed E-state index contributed by atoms with van der Waals surface area (Å²) < 4.78 is 11.0. The summed E-state index contributed by atoms with van der Waals surface area (Å²) in [5.41, 5.74) is 1.07. The van der Waals surface area contributed by atoms with Crippen LogP contribution in [0.5, 0.6) is 11.5 Å². The first kappa shape index (κ1) is 14.8. The Bertz CT molecular complexity index is 542. The number of hydrogen-bond donors (Lipinski definition) is 1. The van der Waals surface area contributed by atoms with Gasteiger partial charge in [0.2, 0.25) is 0 Å². The molecule has 0 aliphatic heterocycles. The summed E-state index contributed by atoms with van der Waals surface area (Å²) in [4.78, 5) is 4.47. The fraction of sp³-hybridized carbons (Fsp3) is 0.400. The van der Waals surface area contributed by atoms with Crippen LogP contribution in [0, 0.1) is 6.92 Å². The molecule has 1 aromatic carbocycles. The quantitative estimate of drug-likeness (QED) is 0.796. The summed E-state index contributed by atoms with van der Waals surface area (Å²) in [5.74, 6) is 1.53. The standard InChI is InChI=1S/C15H20N2O2S/c1-11-10-20-15(17-11)12(2)16-8-9-19-14-7-5-4-6-13(14)18-3/h4-7,10,12,16H,8-9H2,1-3H3. The predicted molar refractivity (Wildman–Crippen MR) is 81.8 cm³/mol. The van der Waals surface area contributed by atoms with Gasteiger partial charge in [-0.15, -0.1) is 11.3 Å². The zero-order chi connectivity index (χ0) is 14.4. The first-order chi connectivity index (χ1) is 9.70. The van der Waals surface area contributed by atoms with Gasteiger partial charge in [0, 0.05) is 17.6 Å². The fourth-order valence-electron chi connectivity index (χ4n) is 1.83. The molecule has 0 spiro atoms. The molecule has 0 amide bonds. The second kappa shape index (κ2) is 7.26. The number of nitrogens with zero attached hydrogens (tertiary/aromatic N) is 1. The number of hydrogen-bond acceptors (Lipinski definition) is 5. The van der Waals surface area contributed by atoms with Crippen LogP contribution in [0.4, 0.5) is 0 Å². The third-order valence-electron chi connectivity index (χ3n) is 2.89. The van der Waals surface area contributed by atoms with Crippen molar-refractivity contribution in [1.82, 2.24) is 10.3 Å². The monoisotopic (exact) mass is 292 g/mol. The van der Waals surface area contributed by atoms with Crippen LogP contribution in [0.25, 0.3) is 0 Å². The van der Waals surface area contributed by atoms with E-state index in [1.54, 1.807) is 18.4 Å². The average Bonchev–Trinajstić information content (AvgIpc) is 2.90. The van der Waals surface area contributed by atoms with E-state index in [-0.39, 0.29) is 6.04 Å². The molecule has 1 atom stereocenters. The number of benzene rings is 1. The number of aromatic nitrogens is 1. The Morgan fingerprint density at radius 3 is 2.70 bits per heavy atom. The molecule has 1 N–H and O–H groups in total. The van der Waals surface area contributed by atoms with Crippen LogP contribution in [0.2, 0.25) is 0 Å². The third-order valence-corrected chi connectivity index (χ3v) is 4.03. The van der Waals surface area contributed by atoms with Crippen molar-refractivity contribution in [3.05, 3.63) is 40.3 Å². The minimum Gasteiger partial charge on any atom is -0.493 e. The second-order valence-corrected chi connectivity index (χ2v) is 5.39. The van der Waals surface area contributed by atoms with E-state index in [1.807, 2.05) is 31.2 Å². The van der Waals surface area contributed by atoms with Crippen LogP contribution in [0.3, 0.4) is 0 Å². The maximum absolute atomic E-state index is 5.72. The highest BCUT2D eigenvalue weighted by molar-refractivity contribution is 7.09. The molecule has 5 heteroatoms. The number of rotatable bonds is 7. The average molecular weight is 292 g/mol. The summed E-state index contributed by atoms with van der Waals surface area (Å²) in [6.45, 7) is 5.48. The van der Waals surface area contributed by atoms with E-state index in [2.05, 4.69) is 22.6 Å². The van der Waals surface area contributed by atoms with E-state index < -0.39 is 0 Å². The van der Waals surface area contributed by atoms with E-state index in [0.29, 0.717) is 6.61 Å². The number of thiazole rings is 1. The van der Waals surface area contributed by atoms with Gasteiger partial charge >= 0.3 is 0 Å². The van der Waals surface area contributed by atoms with Gasteiger partial charge in [0.25, 0.3) is 0 Å². The van der Waals surface area contributed by atoms with Gasteiger partial charge in [-0.1, -0.05) is 12.1 Å². The molecule has 20 heavy (non-hydrogen) atoms. The van der Waals surface area contributed by atoms with Crippen LogP contribution in [-0.4, -0.2) is 25.2 Å². The molecule has 0 saturated carbocycles. The number of ether oxygens (including phenoxy) is 2. The highest BCUT2D eigenvalue weighted by Gasteiger charge is 2.08. The van der Waals surface area contributed by atoms with E-state index in [4.69, 9.17) is 9.47 Å². The van der Waals surface area contributed by atoms with Crippen molar-refractivity contribution in [2.75, 3.05) is 20.3 Å². The molecular formula is C15H20N2O2S. The SMILES string of the molecule is COc1ccccc1OCCNC(C)c1nc(C)cs1. The number of aryl methyl sites for hydroxylation is 1. The maximum Gasteiger partial charge on any atom is 0.161 e. The maximum atomic E-state index is 5.72. The lowest BCUT2D eigenvalue weighted by Crippen LogP contribution is -2.24. The van der Waals surface area contributed by atoms with E-state index in [1.165, 1.54) is 0 Å². The van der Waals surface area contributed by atoms with E-state index >= 15 is 0 Å². The summed E-state index contributed by atoms with van der Waals surface area (Å²) >= 11 is 1.68. The summed E-state index contributed by atoms with van der Waals surface area (Å²) in [6.07, 6.45) is 0. The summed E-state index contributed by atoms with van der Waals surface area (Å²) in [6, 6.07) is 7.91. The minimum absolute atomic E-state index is 0.245. The van der Waals surface area contributed by atoms with Gasteiger partial charge in [0.15, 0.2) is 11.5 Å². The van der Waals surface area contributed by atoms with Crippen molar-refractivity contribution >= 4 is 11.3 Å². The smallest absolute Gasteiger partial charge is 0.161 e. The minimum atomic E-state index is 0.245. The van der Waals surface area contributed by atoms with Crippen molar-refractivity contribution in [3.8, 4) is 11.5 Å². The Labute approximate surface area is 123 Å². The lowest BCUT2D eigenvalue weighted by Gasteiger charge is -2.13. The Balaban J connectivity index is 1.76. The zero-order valence-electron chi connectivity index (χ0n) is 12.1. The van der Waals surface area contributed by atoms with Crippen molar-refractivity contribution in [1.29, 1.82) is 0 Å². The largest absolute Gasteiger partial charge is 0.493 e. The molecular weight excluding hydrogens is 272 g/mol. The van der Waals surface area contributed by atoms with Gasteiger partial charge in [-0.3, -0.25) is 0 Å². The van der Waals surface area contributed by atoms with Crippen LogP contribution in [0.15, 0.2) is 29.6 Å². The number of para-hydroxylation sites is 2. The van der Waals surface area contributed by atoms with E-state index in [9.17, 15) is 0 Å². The Hall–Kier alpha value is -1.59. The molecule has 0 fully saturated rings. The fourth-order valence-corrected chi connectivity index (χ4v) is 2.66. The molecule has 108 valence electrons. The van der Waals surface area contributed by atoms with Gasteiger partial charge in [0.1, 0.15) is 11.6 Å². The lowest BCUT2D eigenvalue weighted by atomic mass is 10.3. The van der Waals surface area contributed by atoms with Crippen molar-refractivity contribution in [2.24, 2.45) is 0 Å². The van der Waals surface area contributed by atoms with Crippen molar-refractivity contribution in [2.45, 2.75) is 19.9 Å². The number of nitrogens with one attached hydrogen (secondary N) is 1. The Morgan fingerprint density at radius 2 is 2.05 bits per heavy atom. The number of methoxy groups -OCH3 is 1. The third kappa shape index (κ3) is 3.95. The van der Waals surface area contributed by atoms with E-state index in [0.717, 1.165) is 28.7 Å². The molecule has 4 nitrogen and oxygen atoms in total. The topological polar surface area (TPSA) is 43.4 Å². The molecule has 0 aliphatic rings. The van der Waals surface area contributed by atoms with Crippen LogP contribution in [0.1, 0.15) is 23.7 Å². The molecule has 1 unspecified atom stereocenters. The highest BCUT2D eigenvalue weighted by atomic mass is 32.1. The van der Waals surface area contributed by atoms with Crippen LogP contribution in [-0.2, 0) is 0 Å². The van der Waals surface area contributed by atoms with Crippen LogP contribution < -0.4 is 14.8 Å². The summed E-state index contributed by atoms with van der Waals surface area (Å²) in [7, 11) is 1.65. The molecule has 1 heterocycles. The van der Waals surface area contributed by atoms with Crippen molar-refractivity contribution < 1.29 is 9.47 Å². The van der Waals surface area contributed by atoms with Crippen molar-refractivity contribution in [3.63, 3.8) is 0 Å². The molecule has 0 saturated heterocycles. The first-order valence-corrected chi connectivity index (χ1v) is 7.50. The Kier molecular flexibility index (Phi) is 5.38. The molecule has 0 aliphatic carbocycles. The van der Waals surface area contributed by atoms with Gasteiger partial charge in [-0.05, 0) is 26.0 Å².